The molecule has 0 saturated heterocycles. The van der Waals surface area contributed by atoms with Crippen molar-refractivity contribution in [1.82, 2.24) is 4.90 Å². The molecule has 0 amide bonds. The summed E-state index contributed by atoms with van der Waals surface area (Å²) in [7, 11) is 0. The third-order valence-corrected chi connectivity index (χ3v) is 3.21. The molecular formula is C13H29N3O. The van der Waals surface area contributed by atoms with Crippen molar-refractivity contribution in [1.29, 1.82) is 5.41 Å². The van der Waals surface area contributed by atoms with Gasteiger partial charge in [-0.25, -0.2) is 0 Å². The van der Waals surface area contributed by atoms with Gasteiger partial charge in [-0.3, -0.25) is 5.41 Å². The fourth-order valence-corrected chi connectivity index (χ4v) is 1.83. The summed E-state index contributed by atoms with van der Waals surface area (Å²) in [5, 5.41) is 16.4. The number of unbranched alkanes of at least 4 members (excludes halogenated alkanes) is 1. The maximum absolute atomic E-state index is 8.94. The molecule has 0 aliphatic rings. The van der Waals surface area contributed by atoms with Gasteiger partial charge in [0.1, 0.15) is 0 Å². The number of nitrogens with zero attached hydrogens (tertiary/aromatic N) is 1. The molecule has 0 atom stereocenters. The Kier molecular flexibility index (Phi) is 8.17. The minimum atomic E-state index is -0.174. The molecule has 0 saturated carbocycles. The van der Waals surface area contributed by atoms with Gasteiger partial charge in [0, 0.05) is 12.0 Å². The van der Waals surface area contributed by atoms with Crippen LogP contribution in [0.2, 0.25) is 0 Å². The minimum absolute atomic E-state index is 0.174. The third-order valence-electron chi connectivity index (χ3n) is 3.21. The fraction of sp³-hybridized carbons (Fsp3) is 0.923. The first-order valence-corrected chi connectivity index (χ1v) is 6.61. The van der Waals surface area contributed by atoms with Crippen LogP contribution in [-0.4, -0.2) is 42.1 Å². The minimum Gasteiger partial charge on any atom is -0.395 e. The number of nitrogens with two attached hydrogens (primary N) is 1. The van der Waals surface area contributed by atoms with Crippen LogP contribution in [0.4, 0.5) is 0 Å². The molecule has 4 N–H and O–H groups in total. The lowest BCUT2D eigenvalue weighted by atomic mass is 9.86. The zero-order valence-electron chi connectivity index (χ0n) is 11.6. The summed E-state index contributed by atoms with van der Waals surface area (Å²) < 4.78 is 0. The molecule has 0 radical (unpaired) electrons. The SMILES string of the molecule is CCCN(CCO)CCCCC(C)(C)C(=N)N. The monoisotopic (exact) mass is 243 g/mol. The van der Waals surface area contributed by atoms with E-state index in [2.05, 4.69) is 11.8 Å². The Labute approximate surface area is 106 Å². The molecule has 0 fully saturated rings. The highest BCUT2D eigenvalue weighted by molar-refractivity contribution is 5.82. The van der Waals surface area contributed by atoms with Crippen LogP contribution in [0.25, 0.3) is 0 Å². The molecule has 0 aromatic heterocycles. The average molecular weight is 243 g/mol. The fourth-order valence-electron chi connectivity index (χ4n) is 1.83. The molecule has 0 aromatic carbocycles. The van der Waals surface area contributed by atoms with E-state index in [9.17, 15) is 0 Å². The predicted molar refractivity (Wildman–Crippen MR) is 73.4 cm³/mol. The van der Waals surface area contributed by atoms with Gasteiger partial charge in [-0.2, -0.15) is 0 Å². The van der Waals surface area contributed by atoms with E-state index in [0.29, 0.717) is 0 Å². The van der Waals surface area contributed by atoms with Gasteiger partial charge in [0.2, 0.25) is 0 Å². The van der Waals surface area contributed by atoms with Crippen LogP contribution in [0, 0.1) is 10.8 Å². The molecule has 4 heteroatoms. The van der Waals surface area contributed by atoms with Crippen LogP contribution < -0.4 is 5.73 Å². The van der Waals surface area contributed by atoms with Crippen LogP contribution >= 0.6 is 0 Å². The Bertz CT molecular complexity index is 211. The van der Waals surface area contributed by atoms with E-state index in [4.69, 9.17) is 16.2 Å². The number of hydrogen-bond donors (Lipinski definition) is 3. The van der Waals surface area contributed by atoms with E-state index in [0.717, 1.165) is 45.3 Å². The number of rotatable bonds is 10. The molecule has 0 aliphatic carbocycles. The van der Waals surface area contributed by atoms with E-state index in [1.165, 1.54) is 0 Å². The molecule has 0 heterocycles. The molecule has 0 rings (SSSR count). The molecule has 0 spiro atoms. The molecule has 0 aromatic rings. The summed E-state index contributed by atoms with van der Waals surface area (Å²) in [4.78, 5) is 2.29. The largest absolute Gasteiger partial charge is 0.395 e. The molecule has 0 aliphatic heterocycles. The number of amidine groups is 1. The van der Waals surface area contributed by atoms with Crippen molar-refractivity contribution in [2.24, 2.45) is 11.1 Å². The summed E-state index contributed by atoms with van der Waals surface area (Å²) in [6.45, 7) is 9.28. The highest BCUT2D eigenvalue weighted by Crippen LogP contribution is 2.22. The van der Waals surface area contributed by atoms with Gasteiger partial charge < -0.3 is 15.7 Å². The van der Waals surface area contributed by atoms with Crippen molar-refractivity contribution < 1.29 is 5.11 Å². The maximum atomic E-state index is 8.94. The van der Waals surface area contributed by atoms with Crippen molar-refractivity contribution in [3.8, 4) is 0 Å². The lowest BCUT2D eigenvalue weighted by molar-refractivity contribution is 0.192. The number of nitrogens with one attached hydrogen (secondary N) is 1. The van der Waals surface area contributed by atoms with Crippen LogP contribution in [0.3, 0.4) is 0 Å². The zero-order chi connectivity index (χ0) is 13.3. The Morgan fingerprint density at radius 2 is 1.88 bits per heavy atom. The van der Waals surface area contributed by atoms with E-state index in [-0.39, 0.29) is 17.9 Å². The molecule has 4 nitrogen and oxygen atoms in total. The Hall–Kier alpha value is -0.610. The van der Waals surface area contributed by atoms with E-state index < -0.39 is 0 Å². The van der Waals surface area contributed by atoms with Crippen LogP contribution in [-0.2, 0) is 0 Å². The quantitative estimate of drug-likeness (QED) is 0.311. The summed E-state index contributed by atoms with van der Waals surface area (Å²) in [5.41, 5.74) is 5.37. The topological polar surface area (TPSA) is 73.3 Å². The normalized spacial score (nSPS) is 12.1. The average Bonchev–Trinajstić information content (AvgIpc) is 2.24. The van der Waals surface area contributed by atoms with E-state index in [1.54, 1.807) is 0 Å². The summed E-state index contributed by atoms with van der Waals surface area (Å²) >= 11 is 0. The molecule has 0 unspecified atom stereocenters. The first-order valence-electron chi connectivity index (χ1n) is 6.61. The van der Waals surface area contributed by atoms with Crippen molar-refractivity contribution in [3.63, 3.8) is 0 Å². The third kappa shape index (κ3) is 7.34. The van der Waals surface area contributed by atoms with Crippen LogP contribution in [0.1, 0.15) is 46.5 Å². The Balaban J connectivity index is 3.77. The van der Waals surface area contributed by atoms with E-state index in [1.807, 2.05) is 13.8 Å². The van der Waals surface area contributed by atoms with Gasteiger partial charge in [-0.05, 0) is 32.4 Å². The van der Waals surface area contributed by atoms with Gasteiger partial charge in [0.05, 0.1) is 12.4 Å². The lowest BCUT2D eigenvalue weighted by Crippen LogP contribution is -2.31. The Morgan fingerprint density at radius 3 is 2.35 bits per heavy atom. The van der Waals surface area contributed by atoms with Gasteiger partial charge in [-0.1, -0.05) is 27.2 Å². The van der Waals surface area contributed by atoms with Gasteiger partial charge in [0.25, 0.3) is 0 Å². The van der Waals surface area contributed by atoms with Crippen LogP contribution in [0.5, 0.6) is 0 Å². The summed E-state index contributed by atoms with van der Waals surface area (Å²) in [6, 6.07) is 0. The zero-order valence-corrected chi connectivity index (χ0v) is 11.6. The molecule has 17 heavy (non-hydrogen) atoms. The first kappa shape index (κ1) is 16.4. The van der Waals surface area contributed by atoms with Crippen molar-refractivity contribution >= 4 is 5.84 Å². The Morgan fingerprint density at radius 1 is 1.24 bits per heavy atom. The smallest absolute Gasteiger partial charge is 0.0963 e. The van der Waals surface area contributed by atoms with Gasteiger partial charge in [0.15, 0.2) is 0 Å². The summed E-state index contributed by atoms with van der Waals surface area (Å²) in [6.07, 6.45) is 4.27. The van der Waals surface area contributed by atoms with Gasteiger partial charge in [-0.15, -0.1) is 0 Å². The van der Waals surface area contributed by atoms with Crippen molar-refractivity contribution in [3.05, 3.63) is 0 Å². The van der Waals surface area contributed by atoms with Crippen molar-refractivity contribution in [2.45, 2.75) is 46.5 Å². The van der Waals surface area contributed by atoms with Crippen LogP contribution in [0.15, 0.2) is 0 Å². The number of hydrogen-bond acceptors (Lipinski definition) is 3. The lowest BCUT2D eigenvalue weighted by Gasteiger charge is -2.24. The highest BCUT2D eigenvalue weighted by Gasteiger charge is 2.20. The molecule has 0 bridgehead atoms. The summed E-state index contributed by atoms with van der Waals surface area (Å²) in [5.74, 6) is 0.276. The maximum Gasteiger partial charge on any atom is 0.0963 e. The van der Waals surface area contributed by atoms with Gasteiger partial charge >= 0.3 is 0 Å². The van der Waals surface area contributed by atoms with Crippen molar-refractivity contribution in [2.75, 3.05) is 26.2 Å². The number of aliphatic hydroxyl groups is 1. The first-order chi connectivity index (χ1) is 7.94. The second kappa shape index (κ2) is 8.48. The molecule has 102 valence electrons. The molecular weight excluding hydrogens is 214 g/mol. The second-order valence-electron chi connectivity index (χ2n) is 5.32. The highest BCUT2D eigenvalue weighted by atomic mass is 16.3. The number of aliphatic hydroxyl groups excluding tert-OH is 1. The standard InChI is InChI=1S/C13H29N3O/c1-4-8-16(10-11-17)9-6-5-7-13(2,3)12(14)15/h17H,4-11H2,1-3H3,(H3,14,15). The second-order valence-corrected chi connectivity index (χ2v) is 5.32. The predicted octanol–water partition coefficient (Wildman–Crippen LogP) is 1.82. The van der Waals surface area contributed by atoms with E-state index >= 15 is 0 Å².